The van der Waals surface area contributed by atoms with Crippen LogP contribution in [0.15, 0.2) is 0 Å². The van der Waals surface area contributed by atoms with Crippen LogP contribution in [-0.2, 0) is 0 Å². The molecule has 0 aromatic heterocycles. The molecule has 0 aliphatic heterocycles. The first-order valence-corrected chi connectivity index (χ1v) is 6.02. The van der Waals surface area contributed by atoms with Crippen molar-refractivity contribution in [3.63, 3.8) is 0 Å². The Bertz CT molecular complexity index is 509. The molecular formula is C10H4F18. The average molecular weight is 466 g/mol. The van der Waals surface area contributed by atoms with E-state index in [2.05, 4.69) is 0 Å². The molecule has 0 fully saturated rings. The number of hydrogen-bond donors (Lipinski definition) is 0. The van der Waals surface area contributed by atoms with E-state index in [0.717, 1.165) is 0 Å². The van der Waals surface area contributed by atoms with Gasteiger partial charge in [0.2, 0.25) is 0 Å². The lowest BCUT2D eigenvalue weighted by molar-refractivity contribution is -0.453. The Morgan fingerprint density at radius 2 is 0.429 bits per heavy atom. The molecule has 0 aromatic rings. The van der Waals surface area contributed by atoms with Gasteiger partial charge in [-0.15, -0.1) is 0 Å². The van der Waals surface area contributed by atoms with Gasteiger partial charge in [0.25, 0.3) is 0 Å². The normalized spacial score (nSPS) is 16.5. The van der Waals surface area contributed by atoms with Crippen molar-refractivity contribution in [3.05, 3.63) is 0 Å². The second kappa shape index (κ2) is 6.63. The minimum Gasteiger partial charge on any atom is -0.244 e. The molecule has 0 aromatic carbocycles. The average Bonchev–Trinajstić information content (AvgIpc) is 2.53. The zero-order valence-corrected chi connectivity index (χ0v) is 12.2. The molecule has 0 spiro atoms. The maximum Gasteiger partial charge on any atom is 0.385 e. The highest BCUT2D eigenvalue weighted by Gasteiger charge is 2.94. The molecule has 18 heteroatoms. The third-order valence-electron chi connectivity index (χ3n) is 3.23. The van der Waals surface area contributed by atoms with Crippen LogP contribution in [0.2, 0.25) is 0 Å². The van der Waals surface area contributed by atoms with Gasteiger partial charge in [0, 0.05) is 0 Å². The van der Waals surface area contributed by atoms with Crippen LogP contribution in [0.1, 0.15) is 0 Å². The summed E-state index contributed by atoms with van der Waals surface area (Å²) < 4.78 is 229. The van der Waals surface area contributed by atoms with E-state index in [0.29, 0.717) is 0 Å². The molecule has 0 saturated carbocycles. The Labute approximate surface area is 141 Å². The lowest BCUT2D eigenvalue weighted by atomic mass is 9.88. The predicted molar refractivity (Wildman–Crippen MR) is 51.5 cm³/mol. The summed E-state index contributed by atoms with van der Waals surface area (Å²) in [5.74, 6) is -63.7. The molecule has 0 nitrogen and oxygen atoms in total. The van der Waals surface area contributed by atoms with Crippen molar-refractivity contribution in [2.75, 3.05) is 13.3 Å². The molecule has 0 atom stereocenters. The van der Waals surface area contributed by atoms with Gasteiger partial charge in [-0.25, -0.2) is 8.78 Å². The van der Waals surface area contributed by atoms with Gasteiger partial charge in [-0.3, -0.25) is 0 Å². The van der Waals surface area contributed by atoms with E-state index >= 15 is 0 Å². The molecule has 0 aliphatic carbocycles. The van der Waals surface area contributed by atoms with E-state index in [1.54, 1.807) is 0 Å². The van der Waals surface area contributed by atoms with Gasteiger partial charge in [0.15, 0.2) is 13.3 Å². The number of halogens is 18. The second-order valence-corrected chi connectivity index (χ2v) is 5.12. The summed E-state index contributed by atoms with van der Waals surface area (Å²) >= 11 is 0. The van der Waals surface area contributed by atoms with Crippen molar-refractivity contribution in [2.24, 2.45) is 0 Å². The van der Waals surface area contributed by atoms with Crippen LogP contribution >= 0.6 is 0 Å². The first kappa shape index (κ1) is 26.7. The molecule has 0 heterocycles. The van der Waals surface area contributed by atoms with Crippen molar-refractivity contribution in [3.8, 4) is 0 Å². The van der Waals surface area contributed by atoms with E-state index in [9.17, 15) is 79.0 Å². The largest absolute Gasteiger partial charge is 0.385 e. The van der Waals surface area contributed by atoms with Crippen LogP contribution in [0, 0.1) is 0 Å². The van der Waals surface area contributed by atoms with Gasteiger partial charge in [-0.1, -0.05) is 0 Å². The fraction of sp³-hybridized carbons (Fsp3) is 1.00. The monoisotopic (exact) mass is 466 g/mol. The fourth-order valence-electron chi connectivity index (χ4n) is 1.42. The van der Waals surface area contributed by atoms with Crippen molar-refractivity contribution in [1.29, 1.82) is 0 Å². The number of rotatable bonds is 9. The Morgan fingerprint density at radius 1 is 0.286 bits per heavy atom. The molecule has 0 saturated heterocycles. The quantitative estimate of drug-likeness (QED) is 0.366. The third-order valence-corrected chi connectivity index (χ3v) is 3.23. The molecule has 0 rings (SSSR count). The summed E-state index contributed by atoms with van der Waals surface area (Å²) in [5.41, 5.74) is 0. The van der Waals surface area contributed by atoms with Crippen LogP contribution < -0.4 is 0 Å². The SMILES string of the molecule is FCC(F)(F)C(F)(F)C(F)(F)C(F)(F)C(F)(F)C(F)(F)C(F)(F)C(F)(F)CF. The van der Waals surface area contributed by atoms with Gasteiger partial charge in [0.05, 0.1) is 0 Å². The van der Waals surface area contributed by atoms with Gasteiger partial charge in [0.1, 0.15) is 0 Å². The smallest absolute Gasteiger partial charge is 0.244 e. The summed E-state index contributed by atoms with van der Waals surface area (Å²) in [5, 5.41) is 0. The highest BCUT2D eigenvalue weighted by molar-refractivity contribution is 5.15. The number of hydrogen-bond acceptors (Lipinski definition) is 0. The van der Waals surface area contributed by atoms with Crippen molar-refractivity contribution in [2.45, 2.75) is 47.4 Å². The fourth-order valence-corrected chi connectivity index (χ4v) is 1.42. The highest BCUT2D eigenvalue weighted by Crippen LogP contribution is 2.63. The van der Waals surface area contributed by atoms with Crippen molar-refractivity contribution < 1.29 is 79.0 Å². The Hall–Kier alpha value is -1.26. The van der Waals surface area contributed by atoms with E-state index in [1.165, 1.54) is 0 Å². The molecule has 28 heavy (non-hydrogen) atoms. The van der Waals surface area contributed by atoms with Crippen LogP contribution in [0.4, 0.5) is 79.0 Å². The number of alkyl halides is 18. The molecule has 0 amide bonds. The van der Waals surface area contributed by atoms with E-state index < -0.39 is 60.7 Å². The minimum absolute atomic E-state index is 3.94. The first-order valence-electron chi connectivity index (χ1n) is 6.02. The molecule has 0 unspecified atom stereocenters. The topological polar surface area (TPSA) is 0 Å². The molecule has 0 N–H and O–H groups in total. The van der Waals surface area contributed by atoms with Gasteiger partial charge in [-0.05, 0) is 0 Å². The molecule has 0 bridgehead atoms. The maximum atomic E-state index is 13.1. The molecule has 0 radical (unpaired) electrons. The molecule has 170 valence electrons. The van der Waals surface area contributed by atoms with Gasteiger partial charge >= 0.3 is 47.4 Å². The van der Waals surface area contributed by atoms with Gasteiger partial charge in [-0.2, -0.15) is 70.2 Å². The van der Waals surface area contributed by atoms with E-state index in [-0.39, 0.29) is 0 Å². The summed E-state index contributed by atoms with van der Waals surface area (Å²) in [7, 11) is 0. The van der Waals surface area contributed by atoms with Crippen molar-refractivity contribution in [1.82, 2.24) is 0 Å². The molecule has 0 aliphatic rings. The van der Waals surface area contributed by atoms with E-state index in [1.807, 2.05) is 0 Å². The van der Waals surface area contributed by atoms with Gasteiger partial charge < -0.3 is 0 Å². The summed E-state index contributed by atoms with van der Waals surface area (Å²) in [4.78, 5) is 0. The standard InChI is InChI=1S/C10H4F18/c11-1-3(13,14)5(17,18)7(21,22)9(25,26)10(27,28)8(23,24)6(19,20)4(15,16)2-12/h1-2H2. The van der Waals surface area contributed by atoms with E-state index in [4.69, 9.17) is 0 Å². The van der Waals surface area contributed by atoms with Crippen molar-refractivity contribution >= 4 is 0 Å². The van der Waals surface area contributed by atoms with Crippen LogP contribution in [0.5, 0.6) is 0 Å². The minimum atomic E-state index is -8.61. The zero-order valence-electron chi connectivity index (χ0n) is 12.2. The summed E-state index contributed by atoms with van der Waals surface area (Å²) in [6, 6.07) is 0. The lowest BCUT2D eigenvalue weighted by Crippen LogP contribution is -2.75. The van der Waals surface area contributed by atoms with Crippen LogP contribution in [0.25, 0.3) is 0 Å². The third kappa shape index (κ3) is 3.04. The highest BCUT2D eigenvalue weighted by atomic mass is 19.4. The maximum absolute atomic E-state index is 13.1. The molecular weight excluding hydrogens is 462 g/mol. The summed E-state index contributed by atoms with van der Waals surface area (Å²) in [6.07, 6.45) is 0. The lowest BCUT2D eigenvalue weighted by Gasteiger charge is -2.43. The predicted octanol–water partition coefficient (Wildman–Crippen LogP) is 6.01. The Kier molecular flexibility index (Phi) is 6.33. The zero-order chi connectivity index (χ0) is 23.4. The summed E-state index contributed by atoms with van der Waals surface area (Å²) in [6.45, 7) is -7.88. The van der Waals surface area contributed by atoms with Crippen LogP contribution in [-0.4, -0.2) is 60.7 Å². The second-order valence-electron chi connectivity index (χ2n) is 5.12. The Balaban J connectivity index is 6.69. The first-order chi connectivity index (χ1) is 11.9. The Morgan fingerprint density at radius 3 is 0.571 bits per heavy atom. The van der Waals surface area contributed by atoms with Crippen LogP contribution in [0.3, 0.4) is 0 Å².